The molecule has 7 heteroatoms. The van der Waals surface area contributed by atoms with E-state index in [0.29, 0.717) is 19.4 Å². The fourth-order valence-electron chi connectivity index (χ4n) is 3.78. The molecule has 0 fully saturated rings. The number of halogens is 1. The van der Waals surface area contributed by atoms with E-state index < -0.39 is 6.10 Å². The maximum atomic E-state index is 13.1. The second-order valence-electron chi connectivity index (χ2n) is 7.96. The largest absolute Gasteiger partial charge is 0.382 e. The van der Waals surface area contributed by atoms with Gasteiger partial charge in [-0.15, -0.1) is 0 Å². The number of likely N-dealkylation sites (N-methyl/N-ethyl adjacent to an activating group) is 1. The zero-order valence-electron chi connectivity index (χ0n) is 17.9. The van der Waals surface area contributed by atoms with Gasteiger partial charge in [-0.25, -0.2) is 9.07 Å². The van der Waals surface area contributed by atoms with E-state index in [2.05, 4.69) is 10.3 Å². The highest BCUT2D eigenvalue weighted by Gasteiger charge is 2.30. The van der Waals surface area contributed by atoms with Gasteiger partial charge in [0.05, 0.1) is 17.1 Å². The van der Waals surface area contributed by atoms with Crippen LogP contribution in [0.25, 0.3) is 5.69 Å². The van der Waals surface area contributed by atoms with Crippen molar-refractivity contribution in [3.63, 3.8) is 0 Å². The highest BCUT2D eigenvalue weighted by atomic mass is 19.1. The number of hydrogen-bond acceptors (Lipinski definition) is 4. The van der Waals surface area contributed by atoms with Crippen LogP contribution >= 0.6 is 0 Å². The summed E-state index contributed by atoms with van der Waals surface area (Å²) in [6.07, 6.45) is 0.352. The third-order valence-electron chi connectivity index (χ3n) is 5.29. The van der Waals surface area contributed by atoms with Gasteiger partial charge in [0.25, 0.3) is 5.91 Å². The first-order valence-corrected chi connectivity index (χ1v) is 10.2. The Kier molecular flexibility index (Phi) is 5.84. The molecule has 1 aromatic heterocycles. The normalized spacial score (nSPS) is 15.5. The lowest BCUT2D eigenvalue weighted by Crippen LogP contribution is -2.36. The minimum atomic E-state index is -0.625. The molecule has 1 unspecified atom stereocenters. The summed E-state index contributed by atoms with van der Waals surface area (Å²) in [4.78, 5) is 19.9. The smallest absolute Gasteiger partial charge is 0.266 e. The zero-order valence-corrected chi connectivity index (χ0v) is 17.9. The molecule has 0 bridgehead atoms. The number of aromatic nitrogens is 2. The van der Waals surface area contributed by atoms with Crippen molar-refractivity contribution in [3.05, 3.63) is 82.9 Å². The van der Waals surface area contributed by atoms with Gasteiger partial charge in [0, 0.05) is 32.1 Å². The van der Waals surface area contributed by atoms with E-state index in [1.165, 1.54) is 12.1 Å². The van der Waals surface area contributed by atoms with Crippen LogP contribution in [0.15, 0.2) is 59.8 Å². The first-order chi connectivity index (χ1) is 14.9. The molecule has 160 valence electrons. The van der Waals surface area contributed by atoms with Crippen molar-refractivity contribution in [2.75, 3.05) is 7.05 Å². The topological polar surface area (TPSA) is 59.7 Å². The molecule has 6 nitrogen and oxygen atoms in total. The Labute approximate surface area is 180 Å². The zero-order chi connectivity index (χ0) is 22.0. The van der Waals surface area contributed by atoms with Gasteiger partial charge in [-0.2, -0.15) is 5.10 Å². The van der Waals surface area contributed by atoms with Crippen LogP contribution in [-0.4, -0.2) is 39.5 Å². The lowest BCUT2D eigenvalue weighted by molar-refractivity contribution is -0.141. The fraction of sp³-hybridized carbons (Fsp3) is 0.292. The predicted molar refractivity (Wildman–Crippen MR) is 117 cm³/mol. The van der Waals surface area contributed by atoms with Crippen LogP contribution in [0.3, 0.4) is 0 Å². The third-order valence-corrected chi connectivity index (χ3v) is 5.29. The second kappa shape index (κ2) is 8.71. The van der Waals surface area contributed by atoms with Crippen LogP contribution < -0.4 is 0 Å². The van der Waals surface area contributed by atoms with Gasteiger partial charge >= 0.3 is 0 Å². The van der Waals surface area contributed by atoms with Crippen molar-refractivity contribution in [2.24, 2.45) is 5.16 Å². The Morgan fingerprint density at radius 3 is 2.65 bits per heavy atom. The van der Waals surface area contributed by atoms with Gasteiger partial charge in [0.1, 0.15) is 5.82 Å². The molecular weight excluding hydrogens is 395 g/mol. The standard InChI is InChI=1S/C24H25FN4O2/c1-16-11-17(2)29(26-16)22-6-4-5-19(13-22)15-28(3)24(30)23-14-21(27-31-23)12-18-7-9-20(25)10-8-18/h4-11,13,23H,12,14-15H2,1-3H3. The lowest BCUT2D eigenvalue weighted by atomic mass is 10.0. The molecule has 1 aliphatic heterocycles. The molecule has 31 heavy (non-hydrogen) atoms. The van der Waals surface area contributed by atoms with Gasteiger partial charge in [0.2, 0.25) is 6.10 Å². The van der Waals surface area contributed by atoms with Crippen LogP contribution in [-0.2, 0) is 22.6 Å². The van der Waals surface area contributed by atoms with Crippen molar-refractivity contribution >= 4 is 11.6 Å². The number of benzene rings is 2. The van der Waals surface area contributed by atoms with E-state index in [0.717, 1.165) is 33.9 Å². The Balaban J connectivity index is 1.36. The Hall–Kier alpha value is -3.48. The van der Waals surface area contributed by atoms with Gasteiger partial charge < -0.3 is 9.74 Å². The summed E-state index contributed by atoms with van der Waals surface area (Å²) in [6, 6.07) is 16.3. The summed E-state index contributed by atoms with van der Waals surface area (Å²) in [7, 11) is 1.76. The Morgan fingerprint density at radius 1 is 1.16 bits per heavy atom. The summed E-state index contributed by atoms with van der Waals surface area (Å²) < 4.78 is 15.0. The molecule has 1 amide bonds. The summed E-state index contributed by atoms with van der Waals surface area (Å²) in [5.74, 6) is -0.390. The molecule has 2 heterocycles. The molecule has 1 atom stereocenters. The predicted octanol–water partition coefficient (Wildman–Crippen LogP) is 3.97. The Bertz CT molecular complexity index is 1120. The maximum Gasteiger partial charge on any atom is 0.266 e. The number of nitrogens with zero attached hydrogens (tertiary/aromatic N) is 4. The van der Waals surface area contributed by atoms with Crippen molar-refractivity contribution in [1.29, 1.82) is 0 Å². The molecule has 0 N–H and O–H groups in total. The molecule has 2 aromatic carbocycles. The van der Waals surface area contributed by atoms with Gasteiger partial charge in [0.15, 0.2) is 0 Å². The number of oxime groups is 1. The van der Waals surface area contributed by atoms with Gasteiger partial charge in [-0.1, -0.05) is 29.4 Å². The SMILES string of the molecule is Cc1cc(C)n(-c2cccc(CN(C)C(=O)C3CC(Cc4ccc(F)cc4)=NO3)c2)n1. The van der Waals surface area contributed by atoms with Crippen molar-refractivity contribution < 1.29 is 14.0 Å². The molecule has 4 rings (SSSR count). The summed E-state index contributed by atoms with van der Waals surface area (Å²) in [6.45, 7) is 4.44. The number of aryl methyl sites for hydroxylation is 2. The van der Waals surface area contributed by atoms with Crippen molar-refractivity contribution in [2.45, 2.75) is 39.3 Å². The van der Waals surface area contributed by atoms with Crippen molar-refractivity contribution in [3.8, 4) is 5.69 Å². The van der Waals surface area contributed by atoms with E-state index in [1.807, 2.05) is 48.9 Å². The van der Waals surface area contributed by atoms with Crippen LogP contribution in [0.1, 0.15) is 28.9 Å². The monoisotopic (exact) mass is 420 g/mol. The first kappa shape index (κ1) is 20.8. The number of rotatable bonds is 6. The van der Waals surface area contributed by atoms with Gasteiger partial charge in [-0.3, -0.25) is 4.79 Å². The number of carbonyl (C=O) groups is 1. The molecule has 0 aliphatic carbocycles. The van der Waals surface area contributed by atoms with E-state index in [4.69, 9.17) is 4.84 Å². The molecular formula is C24H25FN4O2. The van der Waals surface area contributed by atoms with E-state index in [9.17, 15) is 9.18 Å². The van der Waals surface area contributed by atoms with Crippen LogP contribution in [0.5, 0.6) is 0 Å². The molecule has 1 aliphatic rings. The van der Waals surface area contributed by atoms with Crippen LogP contribution in [0, 0.1) is 19.7 Å². The molecule has 0 radical (unpaired) electrons. The maximum absolute atomic E-state index is 13.1. The van der Waals surface area contributed by atoms with E-state index in [-0.39, 0.29) is 11.7 Å². The second-order valence-corrected chi connectivity index (χ2v) is 7.96. The highest BCUT2D eigenvalue weighted by molar-refractivity contribution is 5.93. The summed E-state index contributed by atoms with van der Waals surface area (Å²) in [5, 5.41) is 8.60. The van der Waals surface area contributed by atoms with Crippen molar-refractivity contribution in [1.82, 2.24) is 14.7 Å². The first-order valence-electron chi connectivity index (χ1n) is 10.2. The lowest BCUT2D eigenvalue weighted by Gasteiger charge is -2.20. The molecule has 0 spiro atoms. The molecule has 3 aromatic rings. The number of amides is 1. The van der Waals surface area contributed by atoms with E-state index >= 15 is 0 Å². The highest BCUT2D eigenvalue weighted by Crippen LogP contribution is 2.19. The number of hydrogen-bond donors (Lipinski definition) is 0. The quantitative estimate of drug-likeness (QED) is 0.606. The Morgan fingerprint density at radius 2 is 1.94 bits per heavy atom. The minimum absolute atomic E-state index is 0.116. The average molecular weight is 420 g/mol. The van der Waals surface area contributed by atoms with Crippen LogP contribution in [0.2, 0.25) is 0 Å². The van der Waals surface area contributed by atoms with E-state index in [1.54, 1.807) is 24.1 Å². The average Bonchev–Trinajstić information content (AvgIpc) is 3.35. The third kappa shape index (κ3) is 4.82. The van der Waals surface area contributed by atoms with Gasteiger partial charge in [-0.05, 0) is 55.3 Å². The molecule has 0 saturated heterocycles. The summed E-state index contributed by atoms with van der Waals surface area (Å²) in [5.41, 5.74) is 5.71. The molecule has 0 saturated carbocycles. The van der Waals surface area contributed by atoms with Crippen LogP contribution in [0.4, 0.5) is 4.39 Å². The minimum Gasteiger partial charge on any atom is -0.382 e. The summed E-state index contributed by atoms with van der Waals surface area (Å²) >= 11 is 0. The fourth-order valence-corrected chi connectivity index (χ4v) is 3.78. The number of carbonyl (C=O) groups excluding carboxylic acids is 1.